The number of piperidine rings is 4. The molecule has 0 saturated carbocycles. The molecule has 0 unspecified atom stereocenters. The van der Waals surface area contributed by atoms with Crippen LogP contribution in [-0.2, 0) is 30.5 Å². The highest BCUT2D eigenvalue weighted by molar-refractivity contribution is 5.91. The Labute approximate surface area is 591 Å². The van der Waals surface area contributed by atoms with Crippen LogP contribution >= 0.6 is 0 Å². The summed E-state index contributed by atoms with van der Waals surface area (Å²) in [5.74, 6) is 0.761. The molecule has 4 saturated heterocycles. The number of aliphatic hydroxyl groups is 1. The highest BCUT2D eigenvalue weighted by atomic mass is 16.4. The summed E-state index contributed by atoms with van der Waals surface area (Å²) in [6.07, 6.45) is 15.8. The van der Waals surface area contributed by atoms with Crippen LogP contribution in [0.3, 0.4) is 0 Å². The number of amides is 2. The molecular formula is C71H92N22O9. The molecule has 0 radical (unpaired) electrons. The number of carbonyl (C=O) groups is 5. The summed E-state index contributed by atoms with van der Waals surface area (Å²) in [7, 11) is 8.31. The fraction of sp³-hybridized carbons (Fsp3) is 0.479. The number of aliphatic carboxylic acids is 3. The Morgan fingerprint density at radius 3 is 1.21 bits per heavy atom. The minimum atomic E-state index is -2.74. The van der Waals surface area contributed by atoms with Gasteiger partial charge in [-0.3, -0.25) is 24.1 Å². The van der Waals surface area contributed by atoms with Gasteiger partial charge in [-0.15, -0.1) is 0 Å². The predicted octanol–water partition coefficient (Wildman–Crippen LogP) is 6.54. The smallest absolute Gasteiger partial charge is 0.336 e. The molecule has 0 aliphatic carbocycles. The molecule has 4 aliphatic rings. The molecular weight excluding hydrogens is 1300 g/mol. The summed E-state index contributed by atoms with van der Waals surface area (Å²) in [4.78, 5) is 117. The number of anilines is 4. The van der Waals surface area contributed by atoms with Crippen molar-refractivity contribution in [2.45, 2.75) is 115 Å². The van der Waals surface area contributed by atoms with Gasteiger partial charge in [0.1, 0.15) is 84.0 Å². The molecule has 2 amide bonds. The molecule has 4 aliphatic heterocycles. The molecule has 102 heavy (non-hydrogen) atoms. The third-order valence-corrected chi connectivity index (χ3v) is 20.0. The average Bonchev–Trinajstić information content (AvgIpc) is 1.50. The molecule has 12 heterocycles. The first-order valence-corrected chi connectivity index (χ1v) is 34.2. The van der Waals surface area contributed by atoms with Gasteiger partial charge in [-0.2, -0.15) is 10.5 Å². The molecule has 540 valence electrons. The third-order valence-electron chi connectivity index (χ3n) is 20.0. The lowest BCUT2D eigenvalue weighted by atomic mass is 9.92. The lowest BCUT2D eigenvalue weighted by Crippen LogP contribution is -2.52. The van der Waals surface area contributed by atoms with E-state index in [1.54, 1.807) is 35.1 Å². The molecule has 31 heteroatoms. The van der Waals surface area contributed by atoms with Crippen LogP contribution in [0.2, 0.25) is 0 Å². The van der Waals surface area contributed by atoms with E-state index in [0.29, 0.717) is 48.8 Å². The van der Waals surface area contributed by atoms with E-state index >= 15 is 0 Å². The van der Waals surface area contributed by atoms with Crippen LogP contribution in [0.4, 0.5) is 23.3 Å². The van der Waals surface area contributed by atoms with E-state index < -0.39 is 36.4 Å². The maximum absolute atomic E-state index is 12.0. The number of likely N-dealkylation sites (N-methyl/N-ethyl adjacent to an activating group) is 4. The number of aromatic nitrogens is 12. The molecule has 9 aromatic rings. The maximum Gasteiger partial charge on any atom is 0.336 e. The third kappa shape index (κ3) is 18.6. The number of nitrogens with zero attached hydrogens (tertiary/aromatic N) is 17. The van der Waals surface area contributed by atoms with Crippen molar-refractivity contribution in [2.75, 3.05) is 100 Å². The summed E-state index contributed by atoms with van der Waals surface area (Å²) in [6.45, 7) is 17.1. The van der Waals surface area contributed by atoms with Gasteiger partial charge in [0.15, 0.2) is 5.60 Å². The SMILES string of the molecule is C[C@@H]1CCN(C(=O)CC#N)C[C@@H]1N(C)c1ncnc2[nH]ccc12.C[C@@H]1CCN(C(=O)CC#N)C[C@@H]1N(C)c1ncnc2[nH]ccc12.C[C@@H]1CCN(Cc2ccccc2)C[C@@H]1N(C)c1ncnc2[nH]ccc12.C[C@@H]1CCNC[C@@H]1N(C)c1ncnc2[nH]ccc12.O=C(O)CC(O)(CC(=O)O)C(=O)O. The Kier molecular flexibility index (Phi) is 25.8. The Morgan fingerprint density at radius 2 is 0.853 bits per heavy atom. The quantitative estimate of drug-likeness (QED) is 0.0467. The predicted molar refractivity (Wildman–Crippen MR) is 385 cm³/mol. The van der Waals surface area contributed by atoms with Crippen molar-refractivity contribution in [1.82, 2.24) is 79.8 Å². The number of H-pyrrole nitrogens is 4. The Morgan fingerprint density at radius 1 is 0.500 bits per heavy atom. The number of hydrogen-bond acceptors (Lipinski definition) is 22. The first-order valence-electron chi connectivity index (χ1n) is 34.2. The molecule has 4 fully saturated rings. The summed E-state index contributed by atoms with van der Waals surface area (Å²) in [5, 5.41) is 58.9. The van der Waals surface area contributed by atoms with Crippen LogP contribution in [0, 0.1) is 46.3 Å². The van der Waals surface area contributed by atoms with E-state index in [1.807, 2.05) is 69.2 Å². The average molecular weight is 1400 g/mol. The van der Waals surface area contributed by atoms with Crippen LogP contribution in [0.25, 0.3) is 44.1 Å². The molecule has 13 rings (SSSR count). The maximum atomic E-state index is 12.0. The van der Waals surface area contributed by atoms with Gasteiger partial charge in [0.25, 0.3) is 0 Å². The monoisotopic (exact) mass is 1400 g/mol. The van der Waals surface area contributed by atoms with E-state index in [4.69, 9.17) is 30.9 Å². The summed E-state index contributed by atoms with van der Waals surface area (Å²) < 4.78 is 0. The van der Waals surface area contributed by atoms with Gasteiger partial charge in [0, 0.05) is 111 Å². The van der Waals surface area contributed by atoms with Crippen LogP contribution in [-0.4, -0.2) is 235 Å². The highest BCUT2D eigenvalue weighted by Gasteiger charge is 2.41. The number of carbonyl (C=O) groups excluding carboxylic acids is 2. The molecule has 0 bridgehead atoms. The number of aromatic amines is 4. The number of nitriles is 2. The molecule has 9 N–H and O–H groups in total. The first kappa shape index (κ1) is 75.3. The second-order valence-corrected chi connectivity index (χ2v) is 26.8. The van der Waals surface area contributed by atoms with E-state index in [9.17, 15) is 24.0 Å². The zero-order valence-electron chi connectivity index (χ0n) is 58.9. The minimum absolute atomic E-state index is 0.0552. The molecule has 8 aromatic heterocycles. The number of benzene rings is 1. The van der Waals surface area contributed by atoms with Crippen LogP contribution in [0.5, 0.6) is 0 Å². The van der Waals surface area contributed by atoms with Crippen molar-refractivity contribution in [3.63, 3.8) is 0 Å². The van der Waals surface area contributed by atoms with E-state index in [0.717, 1.165) is 126 Å². The summed E-state index contributed by atoms with van der Waals surface area (Å²) in [5.41, 5.74) is 2.07. The van der Waals surface area contributed by atoms with Crippen molar-refractivity contribution >= 4 is 97.1 Å². The van der Waals surface area contributed by atoms with Crippen molar-refractivity contribution in [1.29, 1.82) is 10.5 Å². The van der Waals surface area contributed by atoms with Crippen LogP contribution in [0.1, 0.15) is 84.6 Å². The largest absolute Gasteiger partial charge is 0.481 e. The number of likely N-dealkylation sites (tertiary alicyclic amines) is 3. The standard InChI is InChI=1S/C20H25N5.2C16H20N6O.C13H19N5.C6H8O7/c1-15-9-11-25(12-16-6-4-3-5-7-16)13-18(15)24(2)20-17-8-10-21-19(17)22-14-23-20;2*1-11-5-8-22(14(23)3-6-17)9-13(11)21(2)16-12-4-7-18-15(12)19-10-20-16;1-9-3-5-14-7-11(9)18(2)13-10-4-6-15-12(10)16-8-17-13;7-3(8)1-6(13,5(11)12)2-4(9)10/h3-8,10,14-15,18H,9,11-13H2,1-2H3,(H,21,22,23);2*4,7,10-11,13H,3,5,8-9H2,1-2H3,(H,18,19,20);4,6,8-9,11,14H,3,5,7H2,1-2H3,(H,15,16,17);13H,1-2H2,(H,7,8)(H,9,10)(H,11,12)/t15-,18+;2*11-,13+;9-,11+;/m1111./s1. The van der Waals surface area contributed by atoms with E-state index in [2.05, 4.69) is 168 Å². The number of hydrogen-bond donors (Lipinski definition) is 9. The minimum Gasteiger partial charge on any atom is -0.481 e. The number of nitrogens with one attached hydrogen (secondary N) is 5. The first-order chi connectivity index (χ1) is 49.0. The van der Waals surface area contributed by atoms with Gasteiger partial charge in [-0.1, -0.05) is 58.0 Å². The van der Waals surface area contributed by atoms with Gasteiger partial charge in [0.2, 0.25) is 11.8 Å². The van der Waals surface area contributed by atoms with Gasteiger partial charge >= 0.3 is 17.9 Å². The molecule has 31 nitrogen and oxygen atoms in total. The lowest BCUT2D eigenvalue weighted by molar-refractivity contribution is -0.170. The van der Waals surface area contributed by atoms with Gasteiger partial charge in [0.05, 0.1) is 58.6 Å². The van der Waals surface area contributed by atoms with Crippen LogP contribution < -0.4 is 24.9 Å². The molecule has 1 aromatic carbocycles. The lowest BCUT2D eigenvalue weighted by Gasteiger charge is -2.42. The van der Waals surface area contributed by atoms with Crippen molar-refractivity contribution < 1.29 is 44.4 Å². The number of rotatable bonds is 17. The Balaban J connectivity index is 0.000000151. The summed E-state index contributed by atoms with van der Waals surface area (Å²) in [6, 6.07) is 23.9. The van der Waals surface area contributed by atoms with Gasteiger partial charge in [-0.05, 0) is 92.3 Å². The fourth-order valence-electron chi connectivity index (χ4n) is 13.9. The van der Waals surface area contributed by atoms with Crippen molar-refractivity contribution in [3.8, 4) is 12.1 Å². The normalized spacial score (nSPS) is 20.5. The number of carboxylic acids is 3. The number of fused-ring (bicyclic) bond motifs is 4. The second-order valence-electron chi connectivity index (χ2n) is 26.8. The Bertz CT molecular complexity index is 4210. The summed E-state index contributed by atoms with van der Waals surface area (Å²) >= 11 is 0. The second kappa shape index (κ2) is 34.9. The molecule has 0 spiro atoms. The zero-order valence-corrected chi connectivity index (χ0v) is 58.9. The Hall–Kier alpha value is -10.9. The van der Waals surface area contributed by atoms with Gasteiger partial charge in [-0.25, -0.2) is 44.7 Å². The van der Waals surface area contributed by atoms with E-state index in [-0.39, 0.29) is 36.7 Å². The van der Waals surface area contributed by atoms with Crippen molar-refractivity contribution in [3.05, 3.63) is 110 Å². The van der Waals surface area contributed by atoms with Crippen molar-refractivity contribution in [2.24, 2.45) is 23.7 Å². The zero-order chi connectivity index (χ0) is 73.2. The van der Waals surface area contributed by atoms with E-state index in [1.165, 1.54) is 18.4 Å². The molecule has 8 atom stereocenters. The fourth-order valence-corrected chi connectivity index (χ4v) is 13.9. The number of carboxylic acid groups (broad SMARTS) is 3. The topological polar surface area (TPSA) is 415 Å². The van der Waals surface area contributed by atoms with Crippen LogP contribution in [0.15, 0.2) is 105 Å². The van der Waals surface area contributed by atoms with Gasteiger partial charge < -0.3 is 75.1 Å². The highest BCUT2D eigenvalue weighted by Crippen LogP contribution is 2.33.